The minimum absolute atomic E-state index is 0. The maximum absolute atomic E-state index is 9.75. The SMILES string of the molecule is F[B-](F)(F)F.F[B-](F)(F)F.[Rh+2]. The molecule has 0 nitrogen and oxygen atoms in total. The molecular formula is B2F8Rh. The molecule has 71 valence electrons. The van der Waals surface area contributed by atoms with E-state index in [-0.39, 0.29) is 19.5 Å². The number of halogens is 8. The van der Waals surface area contributed by atoms with Gasteiger partial charge in [0.05, 0.1) is 0 Å². The van der Waals surface area contributed by atoms with Crippen LogP contribution in [0.4, 0.5) is 34.5 Å². The van der Waals surface area contributed by atoms with Crippen molar-refractivity contribution in [1.82, 2.24) is 0 Å². The van der Waals surface area contributed by atoms with Gasteiger partial charge in [-0.05, 0) is 0 Å². The monoisotopic (exact) mass is 277 g/mol. The molecule has 11 heteroatoms. The van der Waals surface area contributed by atoms with E-state index < -0.39 is 14.5 Å². The molecule has 0 aliphatic heterocycles. The third kappa shape index (κ3) is 18300. The number of hydrogen-bond donors (Lipinski definition) is 0. The zero-order valence-electron chi connectivity index (χ0n) is 4.51. The Morgan fingerprint density at radius 2 is 0.455 bits per heavy atom. The van der Waals surface area contributed by atoms with Crippen molar-refractivity contribution in [3.8, 4) is 0 Å². The van der Waals surface area contributed by atoms with Gasteiger partial charge in [0.15, 0.2) is 0 Å². The predicted molar refractivity (Wildman–Crippen MR) is 20.4 cm³/mol. The van der Waals surface area contributed by atoms with Gasteiger partial charge in [0, 0.05) is 0 Å². The van der Waals surface area contributed by atoms with Crippen LogP contribution in [0.25, 0.3) is 0 Å². The summed E-state index contributed by atoms with van der Waals surface area (Å²) >= 11 is 0. The van der Waals surface area contributed by atoms with Crippen LogP contribution < -0.4 is 0 Å². The molecule has 0 rings (SSSR count). The fourth-order valence-corrected chi connectivity index (χ4v) is 0. The Bertz CT molecular complexity index is 55.1. The third-order valence-electron chi connectivity index (χ3n) is 0. The predicted octanol–water partition coefficient (Wildman–Crippen LogP) is 2.60. The van der Waals surface area contributed by atoms with E-state index in [1.165, 1.54) is 0 Å². The molecular weight excluding hydrogens is 277 g/mol. The van der Waals surface area contributed by atoms with Crippen LogP contribution in [0.5, 0.6) is 0 Å². The molecule has 11 heavy (non-hydrogen) atoms. The van der Waals surface area contributed by atoms with Crippen molar-refractivity contribution in [2.24, 2.45) is 0 Å². The Kier molecular flexibility index (Phi) is 9.13. The summed E-state index contributed by atoms with van der Waals surface area (Å²) in [5, 5.41) is 0. The van der Waals surface area contributed by atoms with Crippen LogP contribution in [0.15, 0.2) is 0 Å². The molecule has 0 aromatic rings. The first-order valence-corrected chi connectivity index (χ1v) is 1.75. The molecule has 0 fully saturated rings. The Hall–Kier alpha value is 0.193. The summed E-state index contributed by atoms with van der Waals surface area (Å²) in [5.41, 5.74) is 0. The first-order valence-electron chi connectivity index (χ1n) is 1.75. The molecule has 0 saturated heterocycles. The zero-order chi connectivity index (χ0) is 9.00. The van der Waals surface area contributed by atoms with Gasteiger partial charge in [-0.2, -0.15) is 0 Å². The molecule has 0 aromatic heterocycles. The Balaban J connectivity index is -0.000000107. The maximum atomic E-state index is 9.75. The molecule has 0 aliphatic rings. The molecule has 0 unspecified atom stereocenters. The summed E-state index contributed by atoms with van der Waals surface area (Å²) < 4.78 is 78.0. The van der Waals surface area contributed by atoms with Gasteiger partial charge in [-0.25, -0.2) is 0 Å². The fourth-order valence-electron chi connectivity index (χ4n) is 0. The first-order chi connectivity index (χ1) is 4.00. The van der Waals surface area contributed by atoms with E-state index >= 15 is 0 Å². The zero-order valence-corrected chi connectivity index (χ0v) is 6.15. The summed E-state index contributed by atoms with van der Waals surface area (Å²) in [7, 11) is -12.0. The standard InChI is InChI=1S/2BF4.Rh/c2*2-1(3,4)5;/q2*-1;+2. The molecule has 1 radical (unpaired) electrons. The van der Waals surface area contributed by atoms with Gasteiger partial charge in [0.2, 0.25) is 0 Å². The topological polar surface area (TPSA) is 0 Å². The van der Waals surface area contributed by atoms with Crippen LogP contribution in [-0.2, 0) is 19.5 Å². The molecule has 0 spiro atoms. The minimum atomic E-state index is -6.00. The molecule has 0 aromatic carbocycles. The molecule has 0 saturated carbocycles. The van der Waals surface area contributed by atoms with Gasteiger partial charge in [0.1, 0.15) is 0 Å². The summed E-state index contributed by atoms with van der Waals surface area (Å²) in [6.45, 7) is 0. The average Bonchev–Trinajstić information content (AvgIpc) is 1.12. The van der Waals surface area contributed by atoms with Crippen molar-refractivity contribution < 1.29 is 54.0 Å². The van der Waals surface area contributed by atoms with E-state index in [2.05, 4.69) is 0 Å². The molecule has 0 aliphatic carbocycles. The molecule has 0 bridgehead atoms. The first kappa shape index (κ1) is 17.3. The summed E-state index contributed by atoms with van der Waals surface area (Å²) in [6.07, 6.45) is 0. The normalized spacial score (nSPS) is 10.9. The van der Waals surface area contributed by atoms with Gasteiger partial charge in [0.25, 0.3) is 0 Å². The second kappa shape index (κ2) is 5.79. The minimum Gasteiger partial charge on any atom is -0.418 e. The van der Waals surface area contributed by atoms with Gasteiger partial charge in [-0.3, -0.25) is 0 Å². The smallest absolute Gasteiger partial charge is 0.418 e. The Morgan fingerprint density at radius 3 is 0.455 bits per heavy atom. The summed E-state index contributed by atoms with van der Waals surface area (Å²) in [4.78, 5) is 0. The van der Waals surface area contributed by atoms with Crippen LogP contribution in [0.1, 0.15) is 0 Å². The fraction of sp³-hybridized carbons (Fsp3) is 0. The number of rotatable bonds is 0. The van der Waals surface area contributed by atoms with Crippen molar-refractivity contribution in [2.75, 3.05) is 0 Å². The van der Waals surface area contributed by atoms with Gasteiger partial charge < -0.3 is 34.5 Å². The van der Waals surface area contributed by atoms with E-state index in [0.29, 0.717) is 0 Å². The van der Waals surface area contributed by atoms with Gasteiger partial charge in [-0.1, -0.05) is 0 Å². The Labute approximate surface area is 69.3 Å². The second-order valence-electron chi connectivity index (χ2n) is 0.990. The van der Waals surface area contributed by atoms with Crippen LogP contribution in [-0.4, -0.2) is 14.5 Å². The van der Waals surface area contributed by atoms with E-state index in [0.717, 1.165) is 0 Å². The van der Waals surface area contributed by atoms with Gasteiger partial charge in [-0.15, -0.1) is 0 Å². The van der Waals surface area contributed by atoms with Gasteiger partial charge >= 0.3 is 34.0 Å². The van der Waals surface area contributed by atoms with Crippen molar-refractivity contribution in [2.45, 2.75) is 0 Å². The van der Waals surface area contributed by atoms with Crippen molar-refractivity contribution >= 4 is 14.5 Å². The van der Waals surface area contributed by atoms with Crippen molar-refractivity contribution in [3.05, 3.63) is 0 Å². The van der Waals surface area contributed by atoms with Crippen LogP contribution in [0.2, 0.25) is 0 Å². The maximum Gasteiger partial charge on any atom is 2.00 e. The van der Waals surface area contributed by atoms with E-state index in [1.54, 1.807) is 0 Å². The summed E-state index contributed by atoms with van der Waals surface area (Å²) in [5.74, 6) is 0. The molecule has 0 N–H and O–H groups in total. The largest absolute Gasteiger partial charge is 2.00 e. The molecule has 0 atom stereocenters. The summed E-state index contributed by atoms with van der Waals surface area (Å²) in [6, 6.07) is 0. The quantitative estimate of drug-likeness (QED) is 0.471. The van der Waals surface area contributed by atoms with E-state index in [9.17, 15) is 34.5 Å². The third-order valence-corrected chi connectivity index (χ3v) is 0. The van der Waals surface area contributed by atoms with Crippen molar-refractivity contribution in [3.63, 3.8) is 0 Å². The number of hydrogen-bond acceptors (Lipinski definition) is 0. The molecule has 0 heterocycles. The van der Waals surface area contributed by atoms with Crippen LogP contribution in [0, 0.1) is 0 Å². The molecule has 0 amide bonds. The van der Waals surface area contributed by atoms with E-state index in [1.807, 2.05) is 0 Å². The van der Waals surface area contributed by atoms with Crippen molar-refractivity contribution in [1.29, 1.82) is 0 Å². The van der Waals surface area contributed by atoms with Crippen LogP contribution >= 0.6 is 0 Å². The Morgan fingerprint density at radius 1 is 0.455 bits per heavy atom. The van der Waals surface area contributed by atoms with E-state index in [4.69, 9.17) is 0 Å². The second-order valence-corrected chi connectivity index (χ2v) is 0.990. The average molecular weight is 277 g/mol. The van der Waals surface area contributed by atoms with Crippen LogP contribution in [0.3, 0.4) is 0 Å².